The molecular formula is C21H24N8O. The Morgan fingerprint density at radius 2 is 2.03 bits per heavy atom. The van der Waals surface area contributed by atoms with Gasteiger partial charge in [0.25, 0.3) is 0 Å². The molecule has 0 aromatic carbocycles. The van der Waals surface area contributed by atoms with E-state index >= 15 is 0 Å². The van der Waals surface area contributed by atoms with Crippen molar-refractivity contribution >= 4 is 28.9 Å². The lowest BCUT2D eigenvalue weighted by atomic mass is 10.1. The van der Waals surface area contributed by atoms with E-state index in [2.05, 4.69) is 36.7 Å². The zero-order chi connectivity index (χ0) is 20.2. The van der Waals surface area contributed by atoms with Gasteiger partial charge in [-0.25, -0.2) is 19.3 Å². The van der Waals surface area contributed by atoms with Crippen LogP contribution in [0.4, 0.5) is 22.0 Å². The monoisotopic (exact) mass is 404 g/mol. The number of anilines is 3. The standard InChI is InChI=1S/C21H24N8O/c1-13-23-19-5-4-16(12-29(19)26-13)25-21(30)28-9-7-17-18(6-8-22-20(17)28)27-10-14-2-3-15(11-27)24-14/h4-6,8,12,14-15,24H,2-3,7,9-11H2,1H3,(H,25,30). The molecule has 2 saturated heterocycles. The van der Waals surface area contributed by atoms with Gasteiger partial charge in [0, 0.05) is 49.2 Å². The number of nitrogens with one attached hydrogen (secondary N) is 2. The van der Waals surface area contributed by atoms with Gasteiger partial charge in [-0.15, -0.1) is 0 Å². The highest BCUT2D eigenvalue weighted by Gasteiger charge is 2.35. The van der Waals surface area contributed by atoms with Crippen LogP contribution in [0.3, 0.4) is 0 Å². The van der Waals surface area contributed by atoms with Crippen molar-refractivity contribution < 1.29 is 4.79 Å². The Bertz CT molecular complexity index is 1130. The van der Waals surface area contributed by atoms with Crippen LogP contribution >= 0.6 is 0 Å². The fourth-order valence-corrected chi connectivity index (χ4v) is 5.02. The van der Waals surface area contributed by atoms with Crippen LogP contribution in [0.5, 0.6) is 0 Å². The molecule has 9 heteroatoms. The van der Waals surface area contributed by atoms with Crippen LogP contribution in [0.1, 0.15) is 24.2 Å². The Balaban J connectivity index is 1.24. The summed E-state index contributed by atoms with van der Waals surface area (Å²) < 4.78 is 1.68. The minimum absolute atomic E-state index is 0.171. The molecule has 2 atom stereocenters. The Labute approximate surface area is 174 Å². The molecule has 3 aliphatic rings. The van der Waals surface area contributed by atoms with Crippen LogP contribution in [-0.2, 0) is 6.42 Å². The van der Waals surface area contributed by atoms with Gasteiger partial charge in [-0.1, -0.05) is 0 Å². The van der Waals surface area contributed by atoms with Crippen LogP contribution in [0.2, 0.25) is 0 Å². The van der Waals surface area contributed by atoms with Gasteiger partial charge in [0.05, 0.1) is 11.9 Å². The highest BCUT2D eigenvalue weighted by Crippen LogP contribution is 2.36. The molecule has 2 N–H and O–H groups in total. The Morgan fingerprint density at radius 1 is 1.20 bits per heavy atom. The maximum Gasteiger partial charge on any atom is 0.327 e. The van der Waals surface area contributed by atoms with Crippen molar-refractivity contribution in [2.75, 3.05) is 34.8 Å². The summed E-state index contributed by atoms with van der Waals surface area (Å²) in [6.45, 7) is 4.53. The molecule has 6 heterocycles. The lowest BCUT2D eigenvalue weighted by molar-refractivity contribution is 0.257. The largest absolute Gasteiger partial charge is 0.368 e. The van der Waals surface area contributed by atoms with E-state index in [4.69, 9.17) is 0 Å². The smallest absolute Gasteiger partial charge is 0.327 e. The molecule has 2 unspecified atom stereocenters. The van der Waals surface area contributed by atoms with Gasteiger partial charge in [0.1, 0.15) is 11.6 Å². The van der Waals surface area contributed by atoms with Gasteiger partial charge in [-0.05, 0) is 44.4 Å². The van der Waals surface area contributed by atoms with E-state index in [-0.39, 0.29) is 6.03 Å². The number of carbonyl (C=O) groups is 1. The van der Waals surface area contributed by atoms with Crippen molar-refractivity contribution in [2.24, 2.45) is 0 Å². The van der Waals surface area contributed by atoms with Gasteiger partial charge in [-0.3, -0.25) is 4.90 Å². The first kappa shape index (κ1) is 17.6. The third-order valence-electron chi connectivity index (χ3n) is 6.34. The summed E-state index contributed by atoms with van der Waals surface area (Å²) in [7, 11) is 0. The predicted molar refractivity (Wildman–Crippen MR) is 114 cm³/mol. The third-order valence-corrected chi connectivity index (χ3v) is 6.34. The van der Waals surface area contributed by atoms with Gasteiger partial charge in [0.15, 0.2) is 5.65 Å². The normalized spacial score (nSPS) is 22.6. The van der Waals surface area contributed by atoms with E-state index in [1.807, 2.05) is 25.3 Å². The van der Waals surface area contributed by atoms with E-state index in [1.54, 1.807) is 15.6 Å². The second kappa shape index (κ2) is 6.66. The number of piperazine rings is 1. The molecule has 2 bridgehead atoms. The number of aryl methyl sites for hydroxylation is 1. The minimum atomic E-state index is -0.171. The van der Waals surface area contributed by atoms with Crippen molar-refractivity contribution in [2.45, 2.75) is 38.3 Å². The first-order valence-electron chi connectivity index (χ1n) is 10.5. The van der Waals surface area contributed by atoms with Crippen molar-refractivity contribution in [3.8, 4) is 0 Å². The van der Waals surface area contributed by atoms with Crippen molar-refractivity contribution in [1.82, 2.24) is 24.9 Å². The van der Waals surface area contributed by atoms with Crippen molar-refractivity contribution in [3.05, 3.63) is 42.0 Å². The number of amides is 2. The van der Waals surface area contributed by atoms with E-state index < -0.39 is 0 Å². The molecule has 3 aliphatic heterocycles. The quantitative estimate of drug-likeness (QED) is 0.679. The third kappa shape index (κ3) is 2.88. The molecule has 9 nitrogen and oxygen atoms in total. The van der Waals surface area contributed by atoms with Crippen LogP contribution < -0.4 is 20.4 Å². The molecule has 0 saturated carbocycles. The fraction of sp³-hybridized carbons (Fsp3) is 0.429. The molecule has 2 amide bonds. The van der Waals surface area contributed by atoms with Crippen LogP contribution in [0, 0.1) is 6.92 Å². The van der Waals surface area contributed by atoms with Crippen LogP contribution in [0.25, 0.3) is 5.65 Å². The molecule has 0 aliphatic carbocycles. The van der Waals surface area contributed by atoms with Gasteiger partial charge < -0.3 is 15.5 Å². The number of hydrogen-bond acceptors (Lipinski definition) is 6. The summed E-state index contributed by atoms with van der Waals surface area (Å²) in [5.74, 6) is 1.47. The van der Waals surface area contributed by atoms with E-state index in [9.17, 15) is 4.79 Å². The zero-order valence-electron chi connectivity index (χ0n) is 16.9. The van der Waals surface area contributed by atoms with Crippen molar-refractivity contribution in [1.29, 1.82) is 0 Å². The molecule has 6 rings (SSSR count). The average molecular weight is 404 g/mol. The molecule has 0 spiro atoms. The predicted octanol–water partition coefficient (Wildman–Crippen LogP) is 1.97. The number of carbonyl (C=O) groups excluding carboxylic acids is 1. The highest BCUT2D eigenvalue weighted by molar-refractivity contribution is 6.03. The number of urea groups is 1. The molecule has 0 radical (unpaired) electrons. The lowest BCUT2D eigenvalue weighted by Crippen LogP contribution is -2.51. The second-order valence-corrected chi connectivity index (χ2v) is 8.39. The number of aromatic nitrogens is 4. The van der Waals surface area contributed by atoms with E-state index in [0.717, 1.165) is 31.0 Å². The summed E-state index contributed by atoms with van der Waals surface area (Å²) in [5.41, 5.74) is 3.85. The maximum absolute atomic E-state index is 13.0. The number of nitrogens with zero attached hydrogens (tertiary/aromatic N) is 6. The molecule has 154 valence electrons. The number of rotatable bonds is 2. The lowest BCUT2D eigenvalue weighted by Gasteiger charge is -2.35. The van der Waals surface area contributed by atoms with E-state index in [1.165, 1.54) is 24.1 Å². The minimum Gasteiger partial charge on any atom is -0.368 e. The summed E-state index contributed by atoms with van der Waals surface area (Å²) in [4.78, 5) is 26.1. The average Bonchev–Trinajstić information content (AvgIpc) is 3.42. The number of hydrogen-bond donors (Lipinski definition) is 2. The van der Waals surface area contributed by atoms with Gasteiger partial charge in [0.2, 0.25) is 0 Å². The molecular weight excluding hydrogens is 380 g/mol. The summed E-state index contributed by atoms with van der Waals surface area (Å²) in [6, 6.07) is 6.77. The Hall–Kier alpha value is -3.20. The molecule has 3 aromatic heterocycles. The number of fused-ring (bicyclic) bond motifs is 4. The topological polar surface area (TPSA) is 90.7 Å². The first-order valence-corrected chi connectivity index (χ1v) is 10.5. The first-order chi connectivity index (χ1) is 14.6. The highest BCUT2D eigenvalue weighted by atomic mass is 16.2. The summed E-state index contributed by atoms with van der Waals surface area (Å²) in [6.07, 6.45) is 6.93. The summed E-state index contributed by atoms with van der Waals surface area (Å²) >= 11 is 0. The fourth-order valence-electron chi connectivity index (χ4n) is 5.02. The molecule has 3 aromatic rings. The van der Waals surface area contributed by atoms with Crippen LogP contribution in [-0.4, -0.2) is 57.3 Å². The number of pyridine rings is 2. The van der Waals surface area contributed by atoms with Gasteiger partial charge in [-0.2, -0.15) is 5.10 Å². The molecule has 30 heavy (non-hydrogen) atoms. The van der Waals surface area contributed by atoms with E-state index in [0.29, 0.717) is 30.1 Å². The van der Waals surface area contributed by atoms with Gasteiger partial charge >= 0.3 is 6.03 Å². The van der Waals surface area contributed by atoms with Crippen LogP contribution in [0.15, 0.2) is 30.6 Å². The second-order valence-electron chi connectivity index (χ2n) is 8.39. The Kier molecular flexibility index (Phi) is 3.92. The van der Waals surface area contributed by atoms with Crippen molar-refractivity contribution in [3.63, 3.8) is 0 Å². The zero-order valence-corrected chi connectivity index (χ0v) is 16.9. The molecule has 2 fully saturated rings. The SMILES string of the molecule is Cc1nc2ccc(NC(=O)N3CCc4c(N5CC6CCC(C5)N6)ccnc43)cn2n1. The summed E-state index contributed by atoms with van der Waals surface area (Å²) in [5, 5.41) is 11.0. The maximum atomic E-state index is 13.0. The Morgan fingerprint density at radius 3 is 2.87 bits per heavy atom.